The molecule has 6 rings (SSSR count). The van der Waals surface area contributed by atoms with Gasteiger partial charge in [0, 0.05) is 33.7 Å². The fraction of sp³-hybridized carbons (Fsp3) is 0.189. The van der Waals surface area contributed by atoms with Crippen LogP contribution in [0.4, 0.5) is 17.1 Å². The number of nitrogens with one attached hydrogen (secondary N) is 2. The van der Waals surface area contributed by atoms with E-state index in [4.69, 9.17) is 16.3 Å². The van der Waals surface area contributed by atoms with Crippen LogP contribution in [0.1, 0.15) is 60.9 Å². The number of ether oxygens (including phenoxy) is 1. The van der Waals surface area contributed by atoms with Gasteiger partial charge in [0.15, 0.2) is 5.78 Å². The molecule has 0 atom stereocenters. The highest BCUT2D eigenvalue weighted by Crippen LogP contribution is 2.52. The number of nitrogens with zero attached hydrogens (tertiary/aromatic N) is 2. The molecule has 10 heteroatoms. The van der Waals surface area contributed by atoms with Gasteiger partial charge in [0.25, 0.3) is 5.91 Å². The Morgan fingerprint density at radius 1 is 0.851 bits per heavy atom. The van der Waals surface area contributed by atoms with E-state index in [1.807, 2.05) is 34.6 Å². The Morgan fingerprint density at radius 2 is 1.45 bits per heavy atom. The maximum Gasteiger partial charge on any atom is 0.255 e. The maximum atomic E-state index is 14.2. The number of pyridine rings is 1. The van der Waals surface area contributed by atoms with Crippen molar-refractivity contribution >= 4 is 49.7 Å². The first-order valence-corrected chi connectivity index (χ1v) is 16.9. The third kappa shape index (κ3) is 6.44. The Bertz CT molecular complexity index is 2200. The molecule has 1 aliphatic rings. The van der Waals surface area contributed by atoms with Gasteiger partial charge in [-0.1, -0.05) is 74.5 Å². The Balaban J connectivity index is 0.00000213. The predicted octanol–water partition coefficient (Wildman–Crippen LogP) is 8.49. The predicted molar refractivity (Wildman–Crippen MR) is 187 cm³/mol. The fourth-order valence-electron chi connectivity index (χ4n) is 5.50. The largest absolute Gasteiger partial charge is 0.486 e. The highest BCUT2D eigenvalue weighted by atomic mass is 32.2. The van der Waals surface area contributed by atoms with Crippen molar-refractivity contribution in [3.05, 3.63) is 113 Å². The van der Waals surface area contributed by atoms with E-state index >= 15 is 0 Å². The van der Waals surface area contributed by atoms with Crippen molar-refractivity contribution in [2.24, 2.45) is 0 Å². The summed E-state index contributed by atoms with van der Waals surface area (Å²) >= 11 is 0. The summed E-state index contributed by atoms with van der Waals surface area (Å²) in [4.78, 5) is 36.5. The van der Waals surface area contributed by atoms with Crippen molar-refractivity contribution in [3.63, 3.8) is 0 Å². The van der Waals surface area contributed by atoms with Crippen LogP contribution in [-0.4, -0.2) is 36.9 Å². The van der Waals surface area contributed by atoms with Gasteiger partial charge in [-0.25, -0.2) is 13.3 Å². The Labute approximate surface area is 274 Å². The van der Waals surface area contributed by atoms with Crippen LogP contribution >= 0.6 is 0 Å². The van der Waals surface area contributed by atoms with Gasteiger partial charge < -0.3 is 10.1 Å². The van der Waals surface area contributed by atoms with Crippen molar-refractivity contribution in [1.29, 1.82) is 0 Å². The molecule has 0 radical (unpaired) electrons. The van der Waals surface area contributed by atoms with Crippen LogP contribution in [0, 0.1) is 6.57 Å². The molecule has 1 heterocycles. The zero-order chi connectivity index (χ0) is 34.1. The number of para-hydroxylation sites is 1. The lowest BCUT2D eigenvalue weighted by molar-refractivity contribution is 0.102. The van der Waals surface area contributed by atoms with Crippen LogP contribution in [0.2, 0.25) is 0 Å². The summed E-state index contributed by atoms with van der Waals surface area (Å²) in [5, 5.41) is 3.28. The van der Waals surface area contributed by atoms with Crippen LogP contribution < -0.4 is 14.8 Å². The minimum absolute atomic E-state index is 0.125. The number of carbonyl (C=O) groups is 2. The number of benzene rings is 4. The molecule has 1 amide bonds. The van der Waals surface area contributed by atoms with Gasteiger partial charge in [-0.05, 0) is 44.5 Å². The molecule has 0 spiro atoms. The lowest BCUT2D eigenvalue weighted by atomic mass is 9.81. The summed E-state index contributed by atoms with van der Waals surface area (Å²) in [7, 11) is -3.67. The van der Waals surface area contributed by atoms with Crippen LogP contribution in [-0.2, 0) is 10.0 Å². The second-order valence-electron chi connectivity index (χ2n) is 11.6. The third-order valence-electron chi connectivity index (χ3n) is 7.16. The molecule has 1 aromatic heterocycles. The molecular formula is C37H34N4O5S. The molecule has 2 N–H and O–H groups in total. The maximum absolute atomic E-state index is 14.2. The van der Waals surface area contributed by atoms with Crippen molar-refractivity contribution < 1.29 is 22.7 Å². The summed E-state index contributed by atoms with van der Waals surface area (Å²) in [5.74, 6) is -0.473. The zero-order valence-corrected chi connectivity index (χ0v) is 27.7. The standard InChI is InChI=1S/C35H28N4O5S.C2H6/c1-35(2,3)44-26-19-25(37-34(41)20-13-7-6-8-14-20)28-29-27(21-15-9-10-16-22(21)33(28)40)32(36-4)30(38-31(26)29)23-17-11-12-18-24(23)39-45(5,42)43;1-2/h6-19,39H,1-3,5H3,(H,37,41);1-2H3. The first-order valence-electron chi connectivity index (χ1n) is 15.0. The summed E-state index contributed by atoms with van der Waals surface area (Å²) in [6, 6.07) is 23.9. The first kappa shape index (κ1) is 32.9. The summed E-state index contributed by atoms with van der Waals surface area (Å²) in [5.41, 5.74) is 2.69. The number of rotatable bonds is 6. The van der Waals surface area contributed by atoms with E-state index in [-0.39, 0.29) is 39.9 Å². The van der Waals surface area contributed by atoms with Crippen LogP contribution in [0.25, 0.3) is 38.1 Å². The average Bonchev–Trinajstić information content (AvgIpc) is 3.04. The number of ketones is 1. The van der Waals surface area contributed by atoms with Gasteiger partial charge in [0.1, 0.15) is 16.9 Å². The summed E-state index contributed by atoms with van der Waals surface area (Å²) < 4.78 is 33.5. The monoisotopic (exact) mass is 646 g/mol. The lowest BCUT2D eigenvalue weighted by Gasteiger charge is -2.28. The average molecular weight is 647 g/mol. The molecule has 0 bridgehead atoms. The minimum Gasteiger partial charge on any atom is -0.486 e. The number of hydrogen-bond donors (Lipinski definition) is 2. The van der Waals surface area contributed by atoms with E-state index in [1.165, 1.54) is 0 Å². The minimum atomic E-state index is -3.67. The number of sulfonamides is 1. The fourth-order valence-corrected chi connectivity index (χ4v) is 6.08. The molecule has 0 saturated carbocycles. The highest BCUT2D eigenvalue weighted by molar-refractivity contribution is 7.92. The second-order valence-corrected chi connectivity index (χ2v) is 13.4. The van der Waals surface area contributed by atoms with E-state index in [0.717, 1.165) is 6.26 Å². The van der Waals surface area contributed by atoms with Crippen LogP contribution in [0.5, 0.6) is 5.75 Å². The number of carbonyl (C=O) groups excluding carboxylic acids is 2. The van der Waals surface area contributed by atoms with Crippen LogP contribution in [0.3, 0.4) is 0 Å². The molecule has 4 aromatic carbocycles. The van der Waals surface area contributed by atoms with Crippen molar-refractivity contribution in [2.45, 2.75) is 40.2 Å². The highest BCUT2D eigenvalue weighted by Gasteiger charge is 2.35. The molecule has 238 valence electrons. The van der Waals surface area contributed by atoms with Crippen molar-refractivity contribution in [2.75, 3.05) is 16.3 Å². The zero-order valence-electron chi connectivity index (χ0n) is 26.9. The third-order valence-corrected chi connectivity index (χ3v) is 7.75. The first-order chi connectivity index (χ1) is 22.4. The summed E-state index contributed by atoms with van der Waals surface area (Å²) in [6.45, 7) is 17.9. The quantitative estimate of drug-likeness (QED) is 0.175. The van der Waals surface area contributed by atoms with Crippen molar-refractivity contribution in [3.8, 4) is 28.1 Å². The molecule has 9 nitrogen and oxygen atoms in total. The van der Waals surface area contributed by atoms with E-state index in [1.54, 1.807) is 84.9 Å². The Hall–Kier alpha value is -5.53. The number of aromatic nitrogens is 1. The second kappa shape index (κ2) is 12.7. The molecule has 47 heavy (non-hydrogen) atoms. The number of anilines is 2. The topological polar surface area (TPSA) is 119 Å². The number of hydrogen-bond acceptors (Lipinski definition) is 6. The van der Waals surface area contributed by atoms with E-state index in [0.29, 0.717) is 38.7 Å². The van der Waals surface area contributed by atoms with Gasteiger partial charge in [-0.15, -0.1) is 0 Å². The molecule has 0 fully saturated rings. The van der Waals surface area contributed by atoms with Crippen LogP contribution in [0.15, 0.2) is 84.9 Å². The molecule has 1 aliphatic carbocycles. The molecule has 0 aliphatic heterocycles. The number of fused-ring (bicyclic) bond motifs is 2. The van der Waals surface area contributed by atoms with Crippen molar-refractivity contribution in [1.82, 2.24) is 4.98 Å². The summed E-state index contributed by atoms with van der Waals surface area (Å²) in [6.07, 6.45) is 1.05. The number of amides is 1. The van der Waals surface area contributed by atoms with Gasteiger partial charge in [0.2, 0.25) is 15.7 Å². The molecule has 0 saturated heterocycles. The SMILES string of the molecule is CC.[C-]#[N+]c1c(-c2ccccc2NS(C)(=O)=O)nc2c(OC(C)(C)C)cc(NC(=O)c3ccccc3)c3c2c1-c1ccccc1C3=O. The molecule has 0 unspecified atom stereocenters. The van der Waals surface area contributed by atoms with E-state index < -0.39 is 21.5 Å². The Morgan fingerprint density at radius 3 is 2.06 bits per heavy atom. The van der Waals surface area contributed by atoms with E-state index in [2.05, 4.69) is 14.9 Å². The molecule has 5 aromatic rings. The smallest absolute Gasteiger partial charge is 0.255 e. The van der Waals surface area contributed by atoms with E-state index in [9.17, 15) is 18.0 Å². The van der Waals surface area contributed by atoms with Gasteiger partial charge in [-0.3, -0.25) is 19.3 Å². The molecular weight excluding hydrogens is 612 g/mol. The van der Waals surface area contributed by atoms with Gasteiger partial charge in [0.05, 0.1) is 35.5 Å². The van der Waals surface area contributed by atoms with Gasteiger partial charge >= 0.3 is 0 Å². The normalized spacial score (nSPS) is 11.9. The Kier molecular flexibility index (Phi) is 8.87. The lowest BCUT2D eigenvalue weighted by Crippen LogP contribution is -2.24. The van der Waals surface area contributed by atoms with Gasteiger partial charge in [-0.2, -0.15) is 0 Å².